The number of fused-ring (bicyclic) bond motifs is 11. The largest absolute Gasteiger partial charge is 0.504 e. The van der Waals surface area contributed by atoms with Gasteiger partial charge in [0.15, 0.2) is 17.3 Å². The molecule has 0 radical (unpaired) electrons. The summed E-state index contributed by atoms with van der Waals surface area (Å²) in [6.45, 7) is 3.77. The molecular weight excluding hydrogens is 639 g/mol. The smallest absolute Gasteiger partial charge is 0.208 e. The molecule has 10 heteroatoms. The summed E-state index contributed by atoms with van der Waals surface area (Å²) in [6.07, 6.45) is 0. The van der Waals surface area contributed by atoms with Crippen molar-refractivity contribution in [2.75, 3.05) is 0 Å². The third kappa shape index (κ3) is 3.92. The number of aliphatic imine (C=N–C) groups is 2. The zero-order valence-electron chi connectivity index (χ0n) is 25.5. The van der Waals surface area contributed by atoms with Crippen LogP contribution in [0.1, 0.15) is 11.1 Å². The number of benzene rings is 6. The second-order valence-electron chi connectivity index (χ2n) is 11.7. The van der Waals surface area contributed by atoms with Crippen molar-refractivity contribution in [1.82, 2.24) is 4.57 Å². The minimum Gasteiger partial charge on any atom is -0.504 e. The van der Waals surface area contributed by atoms with Crippen molar-refractivity contribution in [3.05, 3.63) is 114 Å². The first kappa shape index (κ1) is 28.7. The Bertz CT molecular complexity index is 2780. The van der Waals surface area contributed by atoms with Crippen molar-refractivity contribution in [2.24, 2.45) is 9.98 Å². The summed E-state index contributed by atoms with van der Waals surface area (Å²) in [4.78, 5) is 9.17. The van der Waals surface area contributed by atoms with Gasteiger partial charge in [0, 0.05) is 31.8 Å². The number of phenols is 5. The highest BCUT2D eigenvalue weighted by molar-refractivity contribution is 7.27. The first-order valence-electron chi connectivity index (χ1n) is 15.3. The maximum atomic E-state index is 10.8. The maximum absolute atomic E-state index is 10.8. The standard InChI is InChI=1S/C39H25N3O6S/c1-40-31(29-33(43)35(45)37(47)36(46)34(29)44)38-30(22-13-5-8-16-25(22)48-38)41-18-42-24-15-7-4-12-21(24)27-19-10-2-3-11-20(19)28-23-14-6-9-17-26(23)49-39(28)32(27)42/h2-17,43-47H,1,18H2/b38-31+,41-30-. The fourth-order valence-corrected chi connectivity index (χ4v) is 8.30. The Morgan fingerprint density at radius 2 is 1.27 bits per heavy atom. The van der Waals surface area contributed by atoms with Crippen molar-refractivity contribution in [1.29, 1.82) is 0 Å². The summed E-state index contributed by atoms with van der Waals surface area (Å²) >= 11 is 1.75. The van der Waals surface area contributed by atoms with Crippen LogP contribution in [0.25, 0.3) is 58.4 Å². The summed E-state index contributed by atoms with van der Waals surface area (Å²) in [5.74, 6) is -4.50. The molecule has 6 aromatic carbocycles. The van der Waals surface area contributed by atoms with Gasteiger partial charge in [0.25, 0.3) is 0 Å². The molecule has 1 aliphatic rings. The van der Waals surface area contributed by atoms with Crippen molar-refractivity contribution >= 4 is 82.2 Å². The van der Waals surface area contributed by atoms with Crippen LogP contribution in [0.4, 0.5) is 0 Å². The molecule has 8 aromatic rings. The Morgan fingerprint density at radius 1 is 0.673 bits per heavy atom. The topological polar surface area (TPSA) is 140 Å². The fraction of sp³-hybridized carbons (Fsp3) is 0.0256. The van der Waals surface area contributed by atoms with Crippen LogP contribution >= 0.6 is 11.3 Å². The fourth-order valence-electron chi connectivity index (χ4n) is 7.02. The average Bonchev–Trinajstić information content (AvgIpc) is 3.81. The quantitative estimate of drug-likeness (QED) is 0.0725. The highest BCUT2D eigenvalue weighted by Crippen LogP contribution is 2.54. The molecule has 0 spiro atoms. The number of rotatable bonds is 4. The second kappa shape index (κ2) is 10.5. The molecule has 0 unspecified atom stereocenters. The molecule has 0 fully saturated rings. The van der Waals surface area contributed by atoms with E-state index in [0.29, 0.717) is 17.0 Å². The molecule has 5 N–H and O–H groups in total. The molecule has 1 aliphatic heterocycles. The first-order chi connectivity index (χ1) is 23.9. The van der Waals surface area contributed by atoms with E-state index in [-0.39, 0.29) is 18.1 Å². The Morgan fingerprint density at radius 3 is 2.00 bits per heavy atom. The molecule has 2 aromatic heterocycles. The van der Waals surface area contributed by atoms with Crippen LogP contribution < -0.4 is 4.74 Å². The molecule has 3 heterocycles. The van der Waals surface area contributed by atoms with Crippen molar-refractivity contribution in [3.63, 3.8) is 0 Å². The van der Waals surface area contributed by atoms with Crippen molar-refractivity contribution in [3.8, 4) is 34.5 Å². The molecule has 49 heavy (non-hydrogen) atoms. The van der Waals surface area contributed by atoms with Crippen LogP contribution in [0.3, 0.4) is 0 Å². The molecule has 0 amide bonds. The van der Waals surface area contributed by atoms with E-state index < -0.39 is 34.3 Å². The Labute approximate surface area is 281 Å². The number of thiophene rings is 1. The van der Waals surface area contributed by atoms with Crippen LogP contribution in [0.2, 0.25) is 0 Å². The normalized spacial score (nSPS) is 14.7. The van der Waals surface area contributed by atoms with Gasteiger partial charge in [-0.3, -0.25) is 9.98 Å². The second-order valence-corrected chi connectivity index (χ2v) is 12.8. The molecule has 0 atom stereocenters. The lowest BCUT2D eigenvalue weighted by Gasteiger charge is -2.14. The molecule has 0 bridgehead atoms. The third-order valence-corrected chi connectivity index (χ3v) is 10.3. The molecular formula is C39H25N3O6S. The van der Waals surface area contributed by atoms with Crippen LogP contribution in [-0.2, 0) is 6.67 Å². The predicted octanol–water partition coefficient (Wildman–Crippen LogP) is 8.75. The zero-order chi connectivity index (χ0) is 33.6. The molecule has 9 nitrogen and oxygen atoms in total. The number of hydrogen-bond acceptors (Lipinski definition) is 9. The summed E-state index contributed by atoms with van der Waals surface area (Å²) < 4.78 is 10.7. The molecule has 0 saturated carbocycles. The summed E-state index contributed by atoms with van der Waals surface area (Å²) in [5.41, 5.74) is 2.33. The Hall–Kier alpha value is -6.52. The highest BCUT2D eigenvalue weighted by atomic mass is 32.1. The van der Waals surface area contributed by atoms with Crippen LogP contribution in [0.15, 0.2) is 113 Å². The van der Waals surface area contributed by atoms with Gasteiger partial charge >= 0.3 is 0 Å². The van der Waals surface area contributed by atoms with E-state index in [2.05, 4.69) is 76.9 Å². The number of nitrogens with zero attached hydrogens (tertiary/aromatic N) is 3. The first-order valence-corrected chi connectivity index (χ1v) is 16.2. The lowest BCUT2D eigenvalue weighted by Crippen LogP contribution is -2.07. The van der Waals surface area contributed by atoms with Gasteiger partial charge in [-0.2, -0.15) is 0 Å². The summed E-state index contributed by atoms with van der Waals surface area (Å²) in [5, 5.41) is 59.2. The number of ether oxygens (including phenoxy) is 1. The maximum Gasteiger partial charge on any atom is 0.208 e. The van der Waals surface area contributed by atoms with Gasteiger partial charge in [-0.1, -0.05) is 72.8 Å². The summed E-state index contributed by atoms with van der Waals surface area (Å²) in [7, 11) is 0. The molecule has 238 valence electrons. The lowest BCUT2D eigenvalue weighted by atomic mass is 9.99. The SMILES string of the molecule is C=N/C(=C1/Oc2ccccc2/C1=N/Cn1c2ccccc2c2c3ccccc3c3c4ccccc4sc3c21)c1c(O)c(O)c(O)c(O)c1O. The van der Waals surface area contributed by atoms with E-state index in [1.807, 2.05) is 24.3 Å². The van der Waals surface area contributed by atoms with Crippen molar-refractivity contribution in [2.45, 2.75) is 6.67 Å². The van der Waals surface area contributed by atoms with Gasteiger partial charge < -0.3 is 34.8 Å². The number of allylic oxidation sites excluding steroid dienone is 1. The van der Waals surface area contributed by atoms with E-state index in [0.717, 1.165) is 31.9 Å². The van der Waals surface area contributed by atoms with Crippen LogP contribution in [0, 0.1) is 0 Å². The number of para-hydroxylation sites is 2. The highest BCUT2D eigenvalue weighted by Gasteiger charge is 2.34. The Kier molecular flexibility index (Phi) is 6.14. The van der Waals surface area contributed by atoms with E-state index in [9.17, 15) is 25.5 Å². The molecule has 0 saturated heterocycles. The van der Waals surface area contributed by atoms with E-state index in [4.69, 9.17) is 9.73 Å². The Balaban J connectivity index is 1.35. The van der Waals surface area contributed by atoms with E-state index in [1.54, 1.807) is 23.5 Å². The number of hydrogen-bond donors (Lipinski definition) is 5. The van der Waals surface area contributed by atoms with Gasteiger partial charge in [0.05, 0.1) is 21.3 Å². The predicted molar refractivity (Wildman–Crippen MR) is 195 cm³/mol. The third-order valence-electron chi connectivity index (χ3n) is 9.17. The van der Waals surface area contributed by atoms with Gasteiger partial charge in [-0.25, -0.2) is 0 Å². The van der Waals surface area contributed by atoms with Gasteiger partial charge in [-0.15, -0.1) is 11.3 Å². The molecule has 9 rings (SSSR count). The molecule has 0 aliphatic carbocycles. The minimum atomic E-state index is -1.08. The van der Waals surface area contributed by atoms with Crippen molar-refractivity contribution < 1.29 is 30.3 Å². The van der Waals surface area contributed by atoms with E-state index in [1.165, 1.54) is 20.9 Å². The average molecular weight is 664 g/mol. The number of phenolic OH excluding ortho intramolecular Hbond substituents is 5. The van der Waals surface area contributed by atoms with Crippen LogP contribution in [0.5, 0.6) is 34.5 Å². The van der Waals surface area contributed by atoms with Gasteiger partial charge in [0.1, 0.15) is 23.8 Å². The lowest BCUT2D eigenvalue weighted by molar-refractivity contribution is 0.327. The van der Waals surface area contributed by atoms with Crippen LogP contribution in [-0.4, -0.2) is 42.5 Å². The van der Waals surface area contributed by atoms with E-state index >= 15 is 0 Å². The minimum absolute atomic E-state index is 0.0320. The zero-order valence-corrected chi connectivity index (χ0v) is 26.4. The number of aromatic hydroxyl groups is 5. The monoisotopic (exact) mass is 663 g/mol. The van der Waals surface area contributed by atoms with Gasteiger partial charge in [0.2, 0.25) is 17.2 Å². The number of aromatic nitrogens is 1. The summed E-state index contributed by atoms with van der Waals surface area (Å²) in [6, 6.07) is 32.4. The van der Waals surface area contributed by atoms with Gasteiger partial charge in [-0.05, 0) is 41.8 Å².